The SMILES string of the molecule is O=C1c2cccc(N3CCN(Cc4ccc5c(c4)OCO5)CC3)c2C(=O)N1CCc1cccc(F)c1. The van der Waals surface area contributed by atoms with Gasteiger partial charge in [0.15, 0.2) is 11.5 Å². The van der Waals surface area contributed by atoms with Gasteiger partial charge in [0.2, 0.25) is 6.79 Å². The molecule has 184 valence electrons. The number of rotatable bonds is 6. The standard InChI is InChI=1S/C28H26FN3O4/c29-21-4-1-3-19(15-21)9-10-32-27(33)22-5-2-6-23(26(22)28(32)34)31-13-11-30(12-14-31)17-20-7-8-24-25(16-20)36-18-35-24/h1-8,15-16H,9-14,17-18H2. The number of nitrogens with zero attached hydrogens (tertiary/aromatic N) is 3. The molecule has 2 amide bonds. The topological polar surface area (TPSA) is 62.3 Å². The number of imide groups is 1. The third-order valence-electron chi connectivity index (χ3n) is 7.05. The van der Waals surface area contributed by atoms with Crippen molar-refractivity contribution in [2.75, 3.05) is 44.4 Å². The van der Waals surface area contributed by atoms with Crippen LogP contribution in [0.5, 0.6) is 11.5 Å². The molecule has 3 aromatic carbocycles. The van der Waals surface area contributed by atoms with Crippen LogP contribution >= 0.6 is 0 Å². The molecule has 0 spiro atoms. The van der Waals surface area contributed by atoms with Crippen molar-refractivity contribution in [1.29, 1.82) is 0 Å². The molecule has 3 aliphatic rings. The molecule has 0 unspecified atom stereocenters. The van der Waals surface area contributed by atoms with Crippen LogP contribution in [0.4, 0.5) is 10.1 Å². The van der Waals surface area contributed by atoms with Crippen molar-refractivity contribution < 1.29 is 23.5 Å². The Morgan fingerprint density at radius 3 is 2.44 bits per heavy atom. The lowest BCUT2D eigenvalue weighted by Crippen LogP contribution is -2.46. The minimum atomic E-state index is -0.324. The third-order valence-corrected chi connectivity index (χ3v) is 7.05. The van der Waals surface area contributed by atoms with Crippen LogP contribution in [0.3, 0.4) is 0 Å². The quantitative estimate of drug-likeness (QED) is 0.494. The maximum atomic E-state index is 13.5. The summed E-state index contributed by atoms with van der Waals surface area (Å²) < 4.78 is 24.4. The van der Waals surface area contributed by atoms with E-state index in [9.17, 15) is 14.0 Å². The molecule has 36 heavy (non-hydrogen) atoms. The molecule has 0 aliphatic carbocycles. The van der Waals surface area contributed by atoms with E-state index >= 15 is 0 Å². The summed E-state index contributed by atoms with van der Waals surface area (Å²) in [6, 6.07) is 17.8. The zero-order chi connectivity index (χ0) is 24.6. The Balaban J connectivity index is 1.12. The van der Waals surface area contributed by atoms with Crippen molar-refractivity contribution in [2.45, 2.75) is 13.0 Å². The summed E-state index contributed by atoms with van der Waals surface area (Å²) in [5, 5.41) is 0. The second kappa shape index (κ2) is 9.28. The van der Waals surface area contributed by atoms with Gasteiger partial charge in [-0.2, -0.15) is 0 Å². The first kappa shape index (κ1) is 22.5. The van der Waals surface area contributed by atoms with Crippen LogP contribution in [0.1, 0.15) is 31.8 Å². The highest BCUT2D eigenvalue weighted by molar-refractivity contribution is 6.23. The highest BCUT2D eigenvalue weighted by Gasteiger charge is 2.38. The molecule has 1 saturated heterocycles. The lowest BCUT2D eigenvalue weighted by molar-refractivity contribution is 0.0656. The van der Waals surface area contributed by atoms with Crippen molar-refractivity contribution in [3.63, 3.8) is 0 Å². The minimum Gasteiger partial charge on any atom is -0.454 e. The first-order chi connectivity index (χ1) is 17.6. The zero-order valence-electron chi connectivity index (χ0n) is 19.8. The van der Waals surface area contributed by atoms with Gasteiger partial charge in [0.25, 0.3) is 11.8 Å². The number of anilines is 1. The van der Waals surface area contributed by atoms with Gasteiger partial charge < -0.3 is 14.4 Å². The van der Waals surface area contributed by atoms with Gasteiger partial charge in [0.05, 0.1) is 16.8 Å². The van der Waals surface area contributed by atoms with Crippen LogP contribution < -0.4 is 14.4 Å². The first-order valence-corrected chi connectivity index (χ1v) is 12.2. The van der Waals surface area contributed by atoms with E-state index in [0.29, 0.717) is 17.5 Å². The number of benzene rings is 3. The summed E-state index contributed by atoms with van der Waals surface area (Å²) in [5.41, 5.74) is 3.65. The molecular formula is C28H26FN3O4. The summed E-state index contributed by atoms with van der Waals surface area (Å²) >= 11 is 0. The molecule has 0 bridgehead atoms. The average molecular weight is 488 g/mol. The van der Waals surface area contributed by atoms with E-state index in [2.05, 4.69) is 15.9 Å². The van der Waals surface area contributed by atoms with Crippen LogP contribution in [0.15, 0.2) is 60.7 Å². The van der Waals surface area contributed by atoms with E-state index in [1.165, 1.54) is 22.6 Å². The molecule has 0 radical (unpaired) electrons. The number of carbonyl (C=O) groups excluding carboxylic acids is 2. The predicted molar refractivity (Wildman–Crippen MR) is 132 cm³/mol. The van der Waals surface area contributed by atoms with Gasteiger partial charge in [-0.15, -0.1) is 0 Å². The van der Waals surface area contributed by atoms with E-state index in [-0.39, 0.29) is 31.0 Å². The van der Waals surface area contributed by atoms with Crippen molar-refractivity contribution in [3.05, 3.63) is 88.7 Å². The van der Waals surface area contributed by atoms with Crippen molar-refractivity contribution in [1.82, 2.24) is 9.80 Å². The van der Waals surface area contributed by atoms with Crippen LogP contribution in [-0.4, -0.2) is 61.1 Å². The number of halogens is 1. The molecule has 1 fully saturated rings. The van der Waals surface area contributed by atoms with E-state index < -0.39 is 0 Å². The molecule has 8 heteroatoms. The largest absolute Gasteiger partial charge is 0.454 e. The fourth-order valence-electron chi connectivity index (χ4n) is 5.16. The van der Waals surface area contributed by atoms with E-state index in [1.807, 2.05) is 24.3 Å². The summed E-state index contributed by atoms with van der Waals surface area (Å²) in [4.78, 5) is 32.2. The van der Waals surface area contributed by atoms with E-state index in [1.54, 1.807) is 18.2 Å². The fraction of sp³-hybridized carbons (Fsp3) is 0.286. The van der Waals surface area contributed by atoms with Gasteiger partial charge in [0, 0.05) is 39.3 Å². The Kier molecular flexibility index (Phi) is 5.81. The third kappa shape index (κ3) is 4.18. The Hall–Kier alpha value is -3.91. The smallest absolute Gasteiger partial charge is 0.263 e. The summed E-state index contributed by atoms with van der Waals surface area (Å²) in [5.74, 6) is 0.691. The normalized spacial score (nSPS) is 17.1. The van der Waals surface area contributed by atoms with Crippen LogP contribution in [0.25, 0.3) is 0 Å². The molecule has 3 aromatic rings. The van der Waals surface area contributed by atoms with E-state index in [4.69, 9.17) is 9.47 Å². The average Bonchev–Trinajstić information content (AvgIpc) is 3.45. The highest BCUT2D eigenvalue weighted by Crippen LogP contribution is 2.34. The first-order valence-electron chi connectivity index (χ1n) is 12.2. The molecule has 0 N–H and O–H groups in total. The molecule has 6 rings (SSSR count). The van der Waals surface area contributed by atoms with Crippen molar-refractivity contribution in [2.24, 2.45) is 0 Å². The minimum absolute atomic E-state index is 0.221. The van der Waals surface area contributed by atoms with Crippen LogP contribution in [0, 0.1) is 5.82 Å². The van der Waals surface area contributed by atoms with Crippen molar-refractivity contribution >= 4 is 17.5 Å². The monoisotopic (exact) mass is 487 g/mol. The molecule has 0 atom stereocenters. The highest BCUT2D eigenvalue weighted by atomic mass is 19.1. The number of fused-ring (bicyclic) bond motifs is 2. The molecular weight excluding hydrogens is 461 g/mol. The molecule has 7 nitrogen and oxygen atoms in total. The fourth-order valence-corrected chi connectivity index (χ4v) is 5.16. The maximum Gasteiger partial charge on any atom is 0.263 e. The van der Waals surface area contributed by atoms with Crippen LogP contribution in [0.2, 0.25) is 0 Å². The number of piperazine rings is 1. The second-order valence-corrected chi connectivity index (χ2v) is 9.29. The maximum absolute atomic E-state index is 13.5. The molecule has 0 aromatic heterocycles. The number of hydrogen-bond donors (Lipinski definition) is 0. The van der Waals surface area contributed by atoms with Crippen molar-refractivity contribution in [3.8, 4) is 11.5 Å². The van der Waals surface area contributed by atoms with Gasteiger partial charge in [0.1, 0.15) is 5.82 Å². The van der Waals surface area contributed by atoms with Gasteiger partial charge in [-0.25, -0.2) is 4.39 Å². The summed E-state index contributed by atoms with van der Waals surface area (Å²) in [6.45, 7) is 4.48. The lowest BCUT2D eigenvalue weighted by atomic mass is 10.1. The predicted octanol–water partition coefficient (Wildman–Crippen LogP) is 3.72. The Morgan fingerprint density at radius 2 is 1.61 bits per heavy atom. The molecule has 0 saturated carbocycles. The molecule has 3 aliphatic heterocycles. The molecule has 3 heterocycles. The Morgan fingerprint density at radius 1 is 0.806 bits per heavy atom. The Bertz CT molecular complexity index is 1340. The lowest BCUT2D eigenvalue weighted by Gasteiger charge is -2.36. The zero-order valence-corrected chi connectivity index (χ0v) is 19.8. The van der Waals surface area contributed by atoms with E-state index in [0.717, 1.165) is 55.5 Å². The van der Waals surface area contributed by atoms with Crippen LogP contribution in [-0.2, 0) is 13.0 Å². The van der Waals surface area contributed by atoms with Gasteiger partial charge in [-0.1, -0.05) is 24.3 Å². The van der Waals surface area contributed by atoms with Gasteiger partial charge >= 0.3 is 0 Å². The second-order valence-electron chi connectivity index (χ2n) is 9.29. The van der Waals surface area contributed by atoms with Gasteiger partial charge in [-0.3, -0.25) is 19.4 Å². The summed E-state index contributed by atoms with van der Waals surface area (Å²) in [7, 11) is 0. The van der Waals surface area contributed by atoms with Gasteiger partial charge in [-0.05, 0) is 53.9 Å². The number of carbonyl (C=O) groups is 2. The number of ether oxygens (including phenoxy) is 2. The number of amides is 2. The summed E-state index contributed by atoms with van der Waals surface area (Å²) in [6.07, 6.45) is 0.414. The number of hydrogen-bond acceptors (Lipinski definition) is 6. The Labute approximate surface area is 208 Å².